The minimum atomic E-state index is -0.187. The highest BCUT2D eigenvalue weighted by Gasteiger charge is 2.13. The number of carbonyl (C=O) groups excluding carboxylic acids is 1. The van der Waals surface area contributed by atoms with Crippen LogP contribution in [0.25, 0.3) is 0 Å². The molecule has 0 radical (unpaired) electrons. The molecule has 2 rings (SSSR count). The first kappa shape index (κ1) is 14.6. The first-order chi connectivity index (χ1) is 9.08. The predicted molar refractivity (Wildman–Crippen MR) is 83.8 cm³/mol. The van der Waals surface area contributed by atoms with Crippen LogP contribution in [0.15, 0.2) is 24.7 Å². The van der Waals surface area contributed by atoms with Crippen LogP contribution < -0.4 is 5.32 Å². The first-order valence-electron chi connectivity index (χ1n) is 5.48. The molecule has 4 nitrogen and oxygen atoms in total. The van der Waals surface area contributed by atoms with Gasteiger partial charge in [-0.2, -0.15) is 0 Å². The van der Waals surface area contributed by atoms with E-state index in [0.717, 1.165) is 5.69 Å². The second-order valence-corrected chi connectivity index (χ2v) is 5.75. The second kappa shape index (κ2) is 6.58. The van der Waals surface area contributed by atoms with Gasteiger partial charge < -0.3 is 10.3 Å². The number of carbonyl (C=O) groups is 1. The second-order valence-electron chi connectivity index (χ2n) is 3.83. The number of halogens is 3. The van der Waals surface area contributed by atoms with E-state index in [-0.39, 0.29) is 5.91 Å². The molecule has 0 spiro atoms. The number of benzene rings is 1. The quantitative estimate of drug-likeness (QED) is 0.601. The molecule has 0 saturated carbocycles. The van der Waals surface area contributed by atoms with Gasteiger partial charge in [0.1, 0.15) is 0 Å². The zero-order valence-electron chi connectivity index (χ0n) is 9.71. The van der Waals surface area contributed by atoms with Gasteiger partial charge in [-0.25, -0.2) is 4.98 Å². The molecule has 19 heavy (non-hydrogen) atoms. The lowest BCUT2D eigenvalue weighted by Gasteiger charge is -2.08. The van der Waals surface area contributed by atoms with Crippen molar-refractivity contribution in [3.05, 3.63) is 49.5 Å². The van der Waals surface area contributed by atoms with Gasteiger partial charge in [0, 0.05) is 33.4 Å². The summed E-state index contributed by atoms with van der Waals surface area (Å²) in [5.74, 6) is -0.187. The lowest BCUT2D eigenvalue weighted by Crippen LogP contribution is -2.26. The van der Waals surface area contributed by atoms with Gasteiger partial charge in [-0.05, 0) is 34.7 Å². The van der Waals surface area contributed by atoms with Crippen LogP contribution in [0, 0.1) is 3.57 Å². The Morgan fingerprint density at radius 3 is 2.89 bits per heavy atom. The van der Waals surface area contributed by atoms with Gasteiger partial charge in [0.05, 0.1) is 16.9 Å². The molecule has 0 aliphatic heterocycles. The fraction of sp³-hybridized carbons (Fsp3) is 0.167. The minimum absolute atomic E-state index is 0.187. The zero-order chi connectivity index (χ0) is 13.8. The summed E-state index contributed by atoms with van der Waals surface area (Å²) in [4.78, 5) is 18.9. The van der Waals surface area contributed by atoms with Gasteiger partial charge >= 0.3 is 0 Å². The normalized spacial score (nSPS) is 10.5. The van der Waals surface area contributed by atoms with Crippen molar-refractivity contribution in [1.82, 2.24) is 15.3 Å². The van der Waals surface area contributed by atoms with Crippen molar-refractivity contribution in [2.24, 2.45) is 0 Å². The van der Waals surface area contributed by atoms with Crippen LogP contribution in [0.3, 0.4) is 0 Å². The number of rotatable bonds is 4. The molecule has 0 unspecified atom stereocenters. The van der Waals surface area contributed by atoms with Gasteiger partial charge in [-0.1, -0.05) is 23.2 Å². The molecule has 2 N–H and O–H groups in total. The van der Waals surface area contributed by atoms with Crippen molar-refractivity contribution in [3.8, 4) is 0 Å². The van der Waals surface area contributed by atoms with Gasteiger partial charge in [-0.15, -0.1) is 0 Å². The Balaban J connectivity index is 2.00. The standard InChI is InChI=1S/C12H10Cl2IN3O/c13-7-3-9(11(15)10(14)4-7)12(19)17-2-1-8-5-16-6-18-8/h3-6H,1-2H2,(H,16,18)(H,17,19). The van der Waals surface area contributed by atoms with E-state index in [1.807, 2.05) is 22.6 Å². The Labute approximate surface area is 134 Å². The highest BCUT2D eigenvalue weighted by Crippen LogP contribution is 2.26. The van der Waals surface area contributed by atoms with E-state index in [1.54, 1.807) is 24.7 Å². The summed E-state index contributed by atoms with van der Waals surface area (Å²) in [5, 5.41) is 3.75. The van der Waals surface area contributed by atoms with E-state index in [0.29, 0.717) is 32.1 Å². The first-order valence-corrected chi connectivity index (χ1v) is 7.31. The number of imidazole rings is 1. The third kappa shape index (κ3) is 3.84. The molecular weight excluding hydrogens is 400 g/mol. The number of nitrogens with one attached hydrogen (secondary N) is 2. The topological polar surface area (TPSA) is 57.8 Å². The summed E-state index contributed by atoms with van der Waals surface area (Å²) in [6.07, 6.45) is 4.03. The van der Waals surface area contributed by atoms with Gasteiger partial charge in [0.25, 0.3) is 5.91 Å². The van der Waals surface area contributed by atoms with Crippen LogP contribution in [0.4, 0.5) is 0 Å². The zero-order valence-corrected chi connectivity index (χ0v) is 13.4. The maximum absolute atomic E-state index is 12.0. The molecular formula is C12H10Cl2IN3O. The summed E-state index contributed by atoms with van der Waals surface area (Å²) < 4.78 is 0.697. The molecule has 1 aromatic carbocycles. The fourth-order valence-corrected chi connectivity index (χ4v) is 2.60. The third-order valence-corrected chi connectivity index (χ3v) is 4.47. The largest absolute Gasteiger partial charge is 0.352 e. The van der Waals surface area contributed by atoms with Crippen LogP contribution in [0.2, 0.25) is 10.0 Å². The lowest BCUT2D eigenvalue weighted by molar-refractivity contribution is 0.0953. The maximum atomic E-state index is 12.0. The Kier molecular flexibility index (Phi) is 5.06. The van der Waals surface area contributed by atoms with Crippen molar-refractivity contribution >= 4 is 51.7 Å². The number of aromatic amines is 1. The summed E-state index contributed by atoms with van der Waals surface area (Å²) >= 11 is 13.9. The third-order valence-electron chi connectivity index (χ3n) is 2.47. The minimum Gasteiger partial charge on any atom is -0.352 e. The van der Waals surface area contributed by atoms with Crippen molar-refractivity contribution < 1.29 is 4.79 Å². The monoisotopic (exact) mass is 409 g/mol. The molecule has 1 heterocycles. The number of H-pyrrole nitrogens is 1. The van der Waals surface area contributed by atoms with E-state index in [1.165, 1.54) is 0 Å². The van der Waals surface area contributed by atoms with E-state index in [4.69, 9.17) is 23.2 Å². The highest BCUT2D eigenvalue weighted by molar-refractivity contribution is 14.1. The molecule has 7 heteroatoms. The molecule has 0 atom stereocenters. The molecule has 0 bridgehead atoms. The average Bonchev–Trinajstić information content (AvgIpc) is 2.86. The summed E-state index contributed by atoms with van der Waals surface area (Å²) in [7, 11) is 0. The van der Waals surface area contributed by atoms with Gasteiger partial charge in [-0.3, -0.25) is 4.79 Å². The molecule has 0 fully saturated rings. The fourth-order valence-electron chi connectivity index (χ4n) is 1.55. The number of amides is 1. The Morgan fingerprint density at radius 2 is 2.21 bits per heavy atom. The molecule has 100 valence electrons. The molecule has 2 aromatic rings. The Bertz CT molecular complexity index is 587. The molecule has 0 aliphatic rings. The van der Waals surface area contributed by atoms with Crippen LogP contribution in [-0.2, 0) is 6.42 Å². The number of nitrogens with zero attached hydrogens (tertiary/aromatic N) is 1. The summed E-state index contributed by atoms with van der Waals surface area (Å²) in [6, 6.07) is 3.23. The SMILES string of the molecule is O=C(NCCc1cnc[nH]1)c1cc(Cl)cc(Cl)c1I. The Hall–Kier alpha value is -0.790. The van der Waals surface area contributed by atoms with Crippen molar-refractivity contribution in [2.45, 2.75) is 6.42 Å². The van der Waals surface area contributed by atoms with E-state index >= 15 is 0 Å². The van der Waals surface area contributed by atoms with Gasteiger partial charge in [0.2, 0.25) is 0 Å². The number of aromatic nitrogens is 2. The lowest BCUT2D eigenvalue weighted by atomic mass is 10.2. The Morgan fingerprint density at radius 1 is 1.42 bits per heavy atom. The molecule has 1 aromatic heterocycles. The van der Waals surface area contributed by atoms with E-state index in [2.05, 4.69) is 15.3 Å². The van der Waals surface area contributed by atoms with Crippen molar-refractivity contribution in [1.29, 1.82) is 0 Å². The van der Waals surface area contributed by atoms with E-state index < -0.39 is 0 Å². The van der Waals surface area contributed by atoms with Crippen LogP contribution in [-0.4, -0.2) is 22.4 Å². The number of hydrogen-bond donors (Lipinski definition) is 2. The van der Waals surface area contributed by atoms with Crippen LogP contribution in [0.5, 0.6) is 0 Å². The van der Waals surface area contributed by atoms with Gasteiger partial charge in [0.15, 0.2) is 0 Å². The average molecular weight is 410 g/mol. The summed E-state index contributed by atoms with van der Waals surface area (Å²) in [6.45, 7) is 0.515. The van der Waals surface area contributed by atoms with Crippen molar-refractivity contribution in [2.75, 3.05) is 6.54 Å². The molecule has 0 saturated heterocycles. The number of hydrogen-bond acceptors (Lipinski definition) is 2. The predicted octanol–water partition coefficient (Wildman–Crippen LogP) is 3.29. The maximum Gasteiger partial charge on any atom is 0.252 e. The van der Waals surface area contributed by atoms with Crippen molar-refractivity contribution in [3.63, 3.8) is 0 Å². The molecule has 0 aliphatic carbocycles. The highest BCUT2D eigenvalue weighted by atomic mass is 127. The smallest absolute Gasteiger partial charge is 0.252 e. The summed E-state index contributed by atoms with van der Waals surface area (Å²) in [5.41, 5.74) is 1.46. The van der Waals surface area contributed by atoms with Crippen LogP contribution in [0.1, 0.15) is 16.1 Å². The molecule has 1 amide bonds. The van der Waals surface area contributed by atoms with E-state index in [9.17, 15) is 4.79 Å². The van der Waals surface area contributed by atoms with Crippen LogP contribution >= 0.6 is 45.8 Å².